The van der Waals surface area contributed by atoms with E-state index in [1.54, 1.807) is 12.1 Å². The molecule has 26 heavy (non-hydrogen) atoms. The number of aryl methyl sites for hydroxylation is 1. The third kappa shape index (κ3) is 4.42. The van der Waals surface area contributed by atoms with Gasteiger partial charge < -0.3 is 20.3 Å². The Morgan fingerprint density at radius 1 is 1.00 bits per heavy atom. The van der Waals surface area contributed by atoms with E-state index in [0.717, 1.165) is 28.8 Å². The first-order valence-corrected chi connectivity index (χ1v) is 9.14. The van der Waals surface area contributed by atoms with Crippen LogP contribution in [0.5, 0.6) is 0 Å². The first-order valence-electron chi connectivity index (χ1n) is 8.35. The molecule has 0 radical (unpaired) electrons. The Kier molecular flexibility index (Phi) is 5.90. The molecule has 0 unspecified atom stereocenters. The minimum absolute atomic E-state index is 0.553. The van der Waals surface area contributed by atoms with Crippen LogP contribution in [0, 0.1) is 6.92 Å². The highest BCUT2D eigenvalue weighted by molar-refractivity contribution is 9.10. The molecule has 2 aromatic carbocycles. The standard InChI is InChI=1S/C19H20BrN3O3/c1-13-6-7-15(14(20)12-13)21-18(24)19(25)22-16-4-2-3-5-17(16)23-8-10-26-11-9-23/h2-7,12H,8-11H2,1H3,(H,21,24)(H,22,25). The maximum Gasteiger partial charge on any atom is 0.314 e. The van der Waals surface area contributed by atoms with Crippen molar-refractivity contribution in [1.82, 2.24) is 0 Å². The van der Waals surface area contributed by atoms with Crippen LogP contribution >= 0.6 is 15.9 Å². The minimum Gasteiger partial charge on any atom is -0.378 e. The second-order valence-electron chi connectivity index (χ2n) is 6.01. The van der Waals surface area contributed by atoms with Crippen molar-refractivity contribution in [3.8, 4) is 0 Å². The molecule has 136 valence electrons. The average molecular weight is 418 g/mol. The molecule has 2 N–H and O–H groups in total. The number of morpholine rings is 1. The molecule has 1 fully saturated rings. The fourth-order valence-corrected chi connectivity index (χ4v) is 3.33. The van der Waals surface area contributed by atoms with E-state index >= 15 is 0 Å². The lowest BCUT2D eigenvalue weighted by molar-refractivity contribution is -0.133. The summed E-state index contributed by atoms with van der Waals surface area (Å²) < 4.78 is 6.10. The van der Waals surface area contributed by atoms with E-state index in [0.29, 0.717) is 24.6 Å². The van der Waals surface area contributed by atoms with Crippen molar-refractivity contribution in [3.05, 3.63) is 52.5 Å². The summed E-state index contributed by atoms with van der Waals surface area (Å²) in [6, 6.07) is 12.9. The van der Waals surface area contributed by atoms with Gasteiger partial charge in [-0.3, -0.25) is 9.59 Å². The topological polar surface area (TPSA) is 70.7 Å². The molecule has 1 aliphatic rings. The van der Waals surface area contributed by atoms with E-state index in [4.69, 9.17) is 4.74 Å². The highest BCUT2D eigenvalue weighted by Crippen LogP contribution is 2.27. The van der Waals surface area contributed by atoms with Crippen molar-refractivity contribution >= 4 is 44.8 Å². The molecule has 0 bridgehead atoms. The number of carbonyl (C=O) groups excluding carboxylic acids is 2. The maximum atomic E-state index is 12.3. The molecule has 1 aliphatic heterocycles. The second kappa shape index (κ2) is 8.33. The Labute approximate surface area is 160 Å². The van der Waals surface area contributed by atoms with Crippen LogP contribution < -0.4 is 15.5 Å². The van der Waals surface area contributed by atoms with Gasteiger partial charge in [0.1, 0.15) is 0 Å². The molecule has 0 aromatic heterocycles. The van der Waals surface area contributed by atoms with Gasteiger partial charge in [-0.2, -0.15) is 0 Å². The molecular formula is C19H20BrN3O3. The van der Waals surface area contributed by atoms with Crippen LogP contribution in [-0.2, 0) is 14.3 Å². The van der Waals surface area contributed by atoms with E-state index in [1.165, 1.54) is 0 Å². The number of anilines is 3. The van der Waals surface area contributed by atoms with Crippen LogP contribution in [0.15, 0.2) is 46.9 Å². The molecule has 7 heteroatoms. The van der Waals surface area contributed by atoms with Crippen LogP contribution in [0.25, 0.3) is 0 Å². The van der Waals surface area contributed by atoms with E-state index in [-0.39, 0.29) is 0 Å². The van der Waals surface area contributed by atoms with Gasteiger partial charge in [0.25, 0.3) is 0 Å². The number of benzene rings is 2. The van der Waals surface area contributed by atoms with Crippen LogP contribution in [0.1, 0.15) is 5.56 Å². The zero-order valence-electron chi connectivity index (χ0n) is 14.4. The number of rotatable bonds is 3. The molecule has 2 aromatic rings. The zero-order chi connectivity index (χ0) is 18.5. The number of hydrogen-bond acceptors (Lipinski definition) is 4. The first-order chi connectivity index (χ1) is 12.5. The van der Waals surface area contributed by atoms with Crippen molar-refractivity contribution in [3.63, 3.8) is 0 Å². The van der Waals surface area contributed by atoms with Gasteiger partial charge in [-0.05, 0) is 52.7 Å². The third-order valence-electron chi connectivity index (χ3n) is 4.08. The molecule has 1 heterocycles. The predicted octanol–water partition coefficient (Wildman–Crippen LogP) is 3.17. The van der Waals surface area contributed by atoms with Gasteiger partial charge in [0, 0.05) is 17.6 Å². The van der Waals surface area contributed by atoms with Crippen molar-refractivity contribution < 1.29 is 14.3 Å². The minimum atomic E-state index is -0.716. The van der Waals surface area contributed by atoms with E-state index < -0.39 is 11.8 Å². The average Bonchev–Trinajstić information content (AvgIpc) is 2.65. The van der Waals surface area contributed by atoms with E-state index in [2.05, 4.69) is 31.5 Å². The molecule has 0 saturated carbocycles. The summed E-state index contributed by atoms with van der Waals surface area (Å²) in [7, 11) is 0. The molecular weight excluding hydrogens is 398 g/mol. The number of carbonyl (C=O) groups is 2. The monoisotopic (exact) mass is 417 g/mol. The Morgan fingerprint density at radius 2 is 1.65 bits per heavy atom. The maximum absolute atomic E-state index is 12.3. The molecule has 0 aliphatic carbocycles. The normalized spacial score (nSPS) is 14.0. The quantitative estimate of drug-likeness (QED) is 0.752. The number of ether oxygens (including phenoxy) is 1. The first kappa shape index (κ1) is 18.4. The van der Waals surface area contributed by atoms with E-state index in [1.807, 2.05) is 37.3 Å². The number of para-hydroxylation sites is 2. The highest BCUT2D eigenvalue weighted by Gasteiger charge is 2.19. The van der Waals surface area contributed by atoms with Gasteiger partial charge in [-0.15, -0.1) is 0 Å². The Bertz CT molecular complexity index is 819. The smallest absolute Gasteiger partial charge is 0.314 e. The molecule has 6 nitrogen and oxygen atoms in total. The largest absolute Gasteiger partial charge is 0.378 e. The highest BCUT2D eigenvalue weighted by atomic mass is 79.9. The lowest BCUT2D eigenvalue weighted by Gasteiger charge is -2.30. The third-order valence-corrected chi connectivity index (χ3v) is 4.74. The number of halogens is 1. The summed E-state index contributed by atoms with van der Waals surface area (Å²) in [5, 5.41) is 5.33. The number of amides is 2. The van der Waals surface area contributed by atoms with Crippen LogP contribution in [0.4, 0.5) is 17.1 Å². The summed E-state index contributed by atoms with van der Waals surface area (Å²) >= 11 is 3.39. The van der Waals surface area contributed by atoms with Gasteiger partial charge in [0.05, 0.1) is 30.3 Å². The SMILES string of the molecule is Cc1ccc(NC(=O)C(=O)Nc2ccccc2N2CCOCC2)c(Br)c1. The predicted molar refractivity (Wildman–Crippen MR) is 106 cm³/mol. The fourth-order valence-electron chi connectivity index (χ4n) is 2.74. The summed E-state index contributed by atoms with van der Waals surface area (Å²) in [5.74, 6) is -1.43. The summed E-state index contributed by atoms with van der Waals surface area (Å²) in [4.78, 5) is 26.7. The van der Waals surface area contributed by atoms with Crippen LogP contribution in [0.3, 0.4) is 0 Å². The van der Waals surface area contributed by atoms with Crippen molar-refractivity contribution in [2.45, 2.75) is 6.92 Å². The number of nitrogens with one attached hydrogen (secondary N) is 2. The van der Waals surface area contributed by atoms with Crippen molar-refractivity contribution in [2.24, 2.45) is 0 Å². The number of hydrogen-bond donors (Lipinski definition) is 2. The molecule has 3 rings (SSSR count). The zero-order valence-corrected chi connectivity index (χ0v) is 16.0. The van der Waals surface area contributed by atoms with Gasteiger partial charge in [-0.1, -0.05) is 18.2 Å². The molecule has 0 spiro atoms. The Hall–Kier alpha value is -2.38. The second-order valence-corrected chi connectivity index (χ2v) is 6.86. The summed E-state index contributed by atoms with van der Waals surface area (Å²) in [6.07, 6.45) is 0. The molecule has 1 saturated heterocycles. The molecule has 0 atom stereocenters. The fraction of sp³-hybridized carbons (Fsp3) is 0.263. The van der Waals surface area contributed by atoms with Gasteiger partial charge >= 0.3 is 11.8 Å². The van der Waals surface area contributed by atoms with E-state index in [9.17, 15) is 9.59 Å². The summed E-state index contributed by atoms with van der Waals surface area (Å²) in [5.41, 5.74) is 3.10. The lowest BCUT2D eigenvalue weighted by atomic mass is 10.2. The Morgan fingerprint density at radius 3 is 2.35 bits per heavy atom. The summed E-state index contributed by atoms with van der Waals surface area (Å²) in [6.45, 7) is 4.73. The molecule has 2 amide bonds. The van der Waals surface area contributed by atoms with Crippen molar-refractivity contribution in [1.29, 1.82) is 0 Å². The van der Waals surface area contributed by atoms with Gasteiger partial charge in [0.15, 0.2) is 0 Å². The number of nitrogens with zero attached hydrogens (tertiary/aromatic N) is 1. The lowest BCUT2D eigenvalue weighted by Crippen LogP contribution is -2.37. The van der Waals surface area contributed by atoms with Gasteiger partial charge in [0.2, 0.25) is 0 Å². The van der Waals surface area contributed by atoms with Crippen LogP contribution in [-0.4, -0.2) is 38.1 Å². The van der Waals surface area contributed by atoms with Crippen molar-refractivity contribution in [2.75, 3.05) is 41.8 Å². The Balaban J connectivity index is 1.70. The van der Waals surface area contributed by atoms with Crippen LogP contribution in [0.2, 0.25) is 0 Å². The van der Waals surface area contributed by atoms with Gasteiger partial charge in [-0.25, -0.2) is 0 Å².